The van der Waals surface area contributed by atoms with Gasteiger partial charge in [0.2, 0.25) is 0 Å². The lowest BCUT2D eigenvalue weighted by Gasteiger charge is -2.42. The second-order valence-corrected chi connectivity index (χ2v) is 7.30. The molecule has 1 aliphatic carbocycles. The largest absolute Gasteiger partial charge is 0.298 e. The van der Waals surface area contributed by atoms with E-state index < -0.39 is 0 Å². The SMILES string of the molecule is C[C@H]1CCC[C@@H](N2CCN(Cc3cccc(Cl)c3)CC2)C1. The van der Waals surface area contributed by atoms with Crippen molar-refractivity contribution < 1.29 is 0 Å². The molecule has 0 unspecified atom stereocenters. The van der Waals surface area contributed by atoms with Gasteiger partial charge in [-0.15, -0.1) is 0 Å². The predicted molar refractivity (Wildman–Crippen MR) is 89.7 cm³/mol. The summed E-state index contributed by atoms with van der Waals surface area (Å²) in [5.41, 5.74) is 1.34. The first kappa shape index (κ1) is 15.3. The molecule has 1 saturated carbocycles. The Morgan fingerprint density at radius 1 is 1.14 bits per heavy atom. The zero-order valence-electron chi connectivity index (χ0n) is 13.1. The molecule has 1 aromatic rings. The Hall–Kier alpha value is -0.570. The van der Waals surface area contributed by atoms with Gasteiger partial charge in [-0.1, -0.05) is 43.5 Å². The molecule has 2 nitrogen and oxygen atoms in total. The second kappa shape index (κ2) is 7.13. The minimum atomic E-state index is 0.849. The molecule has 2 fully saturated rings. The quantitative estimate of drug-likeness (QED) is 0.831. The first-order valence-electron chi connectivity index (χ1n) is 8.41. The summed E-state index contributed by atoms with van der Waals surface area (Å²) < 4.78 is 0. The van der Waals surface area contributed by atoms with Gasteiger partial charge in [0.1, 0.15) is 0 Å². The molecule has 0 radical (unpaired) electrons. The molecule has 3 rings (SSSR count). The Bertz CT molecular complexity index is 454. The van der Waals surface area contributed by atoms with Gasteiger partial charge >= 0.3 is 0 Å². The van der Waals surface area contributed by atoms with Crippen LogP contribution < -0.4 is 0 Å². The third kappa shape index (κ3) is 4.21. The fraction of sp³-hybridized carbons (Fsp3) is 0.667. The summed E-state index contributed by atoms with van der Waals surface area (Å²) in [4.78, 5) is 5.30. The van der Waals surface area contributed by atoms with Crippen LogP contribution in [0.4, 0.5) is 0 Å². The van der Waals surface area contributed by atoms with Crippen LogP contribution in [0.5, 0.6) is 0 Å². The van der Waals surface area contributed by atoms with Crippen LogP contribution in [0.2, 0.25) is 5.02 Å². The highest BCUT2D eigenvalue weighted by Crippen LogP contribution is 2.28. The van der Waals surface area contributed by atoms with E-state index in [4.69, 9.17) is 11.6 Å². The highest BCUT2D eigenvalue weighted by Gasteiger charge is 2.27. The van der Waals surface area contributed by atoms with Crippen molar-refractivity contribution in [2.45, 2.75) is 45.2 Å². The van der Waals surface area contributed by atoms with Crippen LogP contribution in [0.3, 0.4) is 0 Å². The van der Waals surface area contributed by atoms with Crippen molar-refractivity contribution in [2.75, 3.05) is 26.2 Å². The third-order valence-corrected chi connectivity index (χ3v) is 5.36. The van der Waals surface area contributed by atoms with Crippen LogP contribution >= 0.6 is 11.6 Å². The van der Waals surface area contributed by atoms with Gasteiger partial charge in [-0.25, -0.2) is 0 Å². The molecule has 1 heterocycles. The van der Waals surface area contributed by atoms with Gasteiger partial charge in [0.05, 0.1) is 0 Å². The summed E-state index contributed by atoms with van der Waals surface area (Å²) >= 11 is 6.07. The first-order chi connectivity index (χ1) is 10.2. The summed E-state index contributed by atoms with van der Waals surface area (Å²) in [6.45, 7) is 8.31. The maximum atomic E-state index is 6.07. The Labute approximate surface area is 134 Å². The zero-order valence-corrected chi connectivity index (χ0v) is 13.9. The predicted octanol–water partition coefficient (Wildman–Crippen LogP) is 4.04. The summed E-state index contributed by atoms with van der Waals surface area (Å²) in [6.07, 6.45) is 5.69. The van der Waals surface area contributed by atoms with Gasteiger partial charge in [-0.3, -0.25) is 9.80 Å². The molecule has 3 heteroatoms. The molecule has 1 aromatic carbocycles. The van der Waals surface area contributed by atoms with Gasteiger partial charge in [0.25, 0.3) is 0 Å². The summed E-state index contributed by atoms with van der Waals surface area (Å²) in [5.74, 6) is 0.924. The number of nitrogens with zero attached hydrogens (tertiary/aromatic N) is 2. The normalized spacial score (nSPS) is 28.7. The molecule has 21 heavy (non-hydrogen) atoms. The number of hydrogen-bond donors (Lipinski definition) is 0. The minimum Gasteiger partial charge on any atom is -0.298 e. The lowest BCUT2D eigenvalue weighted by molar-refractivity contribution is 0.0659. The van der Waals surface area contributed by atoms with Crippen LogP contribution in [-0.2, 0) is 6.54 Å². The average Bonchev–Trinajstić information content (AvgIpc) is 2.48. The molecule has 0 bridgehead atoms. The van der Waals surface area contributed by atoms with Crippen molar-refractivity contribution in [1.29, 1.82) is 0 Å². The van der Waals surface area contributed by atoms with E-state index in [-0.39, 0.29) is 0 Å². The van der Waals surface area contributed by atoms with Crippen molar-refractivity contribution in [2.24, 2.45) is 5.92 Å². The van der Waals surface area contributed by atoms with Crippen LogP contribution in [0.1, 0.15) is 38.2 Å². The van der Waals surface area contributed by atoms with Gasteiger partial charge in [-0.05, 0) is 36.5 Å². The van der Waals surface area contributed by atoms with E-state index in [1.54, 1.807) is 0 Å². The molecular formula is C18H27ClN2. The lowest BCUT2D eigenvalue weighted by Crippen LogP contribution is -2.50. The molecule has 2 atom stereocenters. The van der Waals surface area contributed by atoms with Crippen molar-refractivity contribution in [1.82, 2.24) is 9.80 Å². The maximum Gasteiger partial charge on any atom is 0.0409 e. The Morgan fingerprint density at radius 2 is 1.95 bits per heavy atom. The van der Waals surface area contributed by atoms with E-state index in [9.17, 15) is 0 Å². The van der Waals surface area contributed by atoms with E-state index in [1.807, 2.05) is 6.07 Å². The van der Waals surface area contributed by atoms with Crippen LogP contribution in [0, 0.1) is 5.92 Å². The van der Waals surface area contributed by atoms with Crippen LogP contribution in [0.25, 0.3) is 0 Å². The zero-order chi connectivity index (χ0) is 14.7. The number of rotatable bonds is 3. The smallest absolute Gasteiger partial charge is 0.0409 e. The fourth-order valence-electron chi connectivity index (χ4n) is 3.91. The van der Waals surface area contributed by atoms with Gasteiger partial charge in [0.15, 0.2) is 0 Å². The topological polar surface area (TPSA) is 6.48 Å². The molecular weight excluding hydrogens is 280 g/mol. The van der Waals surface area contributed by atoms with Crippen LogP contribution in [0.15, 0.2) is 24.3 Å². The van der Waals surface area contributed by atoms with E-state index in [0.717, 1.165) is 23.5 Å². The average molecular weight is 307 g/mol. The standard InChI is InChI=1S/C18H27ClN2/c1-15-4-2-7-18(12-15)21-10-8-20(9-11-21)14-16-5-3-6-17(19)13-16/h3,5-6,13,15,18H,2,4,7-12,14H2,1H3/t15-,18+/m0/s1. The molecule has 0 amide bonds. The van der Waals surface area contributed by atoms with E-state index >= 15 is 0 Å². The van der Waals surface area contributed by atoms with E-state index in [2.05, 4.69) is 34.9 Å². The summed E-state index contributed by atoms with van der Waals surface area (Å²) in [7, 11) is 0. The van der Waals surface area contributed by atoms with Gasteiger partial charge in [0, 0.05) is 43.8 Å². The second-order valence-electron chi connectivity index (χ2n) is 6.87. The van der Waals surface area contributed by atoms with Crippen molar-refractivity contribution in [3.8, 4) is 0 Å². The van der Waals surface area contributed by atoms with Crippen molar-refractivity contribution in [3.05, 3.63) is 34.9 Å². The minimum absolute atomic E-state index is 0.849. The Balaban J connectivity index is 1.48. The van der Waals surface area contributed by atoms with Crippen molar-refractivity contribution in [3.63, 3.8) is 0 Å². The maximum absolute atomic E-state index is 6.07. The lowest BCUT2D eigenvalue weighted by atomic mass is 9.86. The van der Waals surface area contributed by atoms with Crippen LogP contribution in [-0.4, -0.2) is 42.0 Å². The highest BCUT2D eigenvalue weighted by atomic mass is 35.5. The Kier molecular flexibility index (Phi) is 5.20. The summed E-state index contributed by atoms with van der Waals surface area (Å²) in [5, 5.41) is 0.849. The molecule has 116 valence electrons. The van der Waals surface area contributed by atoms with Gasteiger partial charge in [-0.2, -0.15) is 0 Å². The number of piperazine rings is 1. The third-order valence-electron chi connectivity index (χ3n) is 5.13. The molecule has 2 aliphatic rings. The molecule has 0 aromatic heterocycles. The molecule has 0 N–H and O–H groups in total. The molecule has 0 spiro atoms. The number of halogens is 1. The van der Waals surface area contributed by atoms with Gasteiger partial charge < -0.3 is 0 Å². The monoisotopic (exact) mass is 306 g/mol. The number of benzene rings is 1. The molecule has 1 aliphatic heterocycles. The number of hydrogen-bond acceptors (Lipinski definition) is 2. The van der Waals surface area contributed by atoms with E-state index in [0.29, 0.717) is 0 Å². The molecule has 1 saturated heterocycles. The highest BCUT2D eigenvalue weighted by molar-refractivity contribution is 6.30. The van der Waals surface area contributed by atoms with Crippen molar-refractivity contribution >= 4 is 11.6 Å². The summed E-state index contributed by atoms with van der Waals surface area (Å²) in [6, 6.07) is 9.13. The first-order valence-corrected chi connectivity index (χ1v) is 8.79. The Morgan fingerprint density at radius 3 is 2.67 bits per heavy atom. The fourth-order valence-corrected chi connectivity index (χ4v) is 4.13. The van der Waals surface area contributed by atoms with E-state index in [1.165, 1.54) is 57.4 Å².